The molecule has 4 nitrogen and oxygen atoms in total. The Hall–Kier alpha value is -2.88. The van der Waals surface area contributed by atoms with Gasteiger partial charge >= 0.3 is 5.97 Å². The summed E-state index contributed by atoms with van der Waals surface area (Å²) in [6, 6.07) is 17.8. The standard InChI is InChI=1S/C22H23NO3/c1-23(2)18-11-9-16(10-12-18)19-13-17(15-7-5-4-6-8-15)14-20(24)21(19)22(25)26-3/h4-12,14,19,21H,13H2,1-3H3/t19-,21-/m1/s1. The van der Waals surface area contributed by atoms with Crippen LogP contribution in [0.5, 0.6) is 0 Å². The first-order valence-electron chi connectivity index (χ1n) is 8.66. The minimum Gasteiger partial charge on any atom is -0.468 e. The van der Waals surface area contributed by atoms with Gasteiger partial charge in [-0.3, -0.25) is 9.59 Å². The van der Waals surface area contributed by atoms with E-state index in [9.17, 15) is 9.59 Å². The molecule has 0 spiro atoms. The first-order valence-corrected chi connectivity index (χ1v) is 8.66. The minimum atomic E-state index is -0.794. The summed E-state index contributed by atoms with van der Waals surface area (Å²) in [4.78, 5) is 27.1. The summed E-state index contributed by atoms with van der Waals surface area (Å²) in [5, 5.41) is 0. The number of rotatable bonds is 4. The van der Waals surface area contributed by atoms with Crippen molar-refractivity contribution in [2.24, 2.45) is 5.92 Å². The number of nitrogens with zero attached hydrogens (tertiary/aromatic N) is 1. The van der Waals surface area contributed by atoms with E-state index in [0.717, 1.165) is 22.4 Å². The van der Waals surface area contributed by atoms with E-state index in [-0.39, 0.29) is 11.7 Å². The maximum absolute atomic E-state index is 12.8. The summed E-state index contributed by atoms with van der Waals surface area (Å²) in [7, 11) is 5.29. The number of hydrogen-bond acceptors (Lipinski definition) is 4. The van der Waals surface area contributed by atoms with Crippen molar-refractivity contribution in [1.29, 1.82) is 0 Å². The molecule has 0 saturated carbocycles. The van der Waals surface area contributed by atoms with Gasteiger partial charge in [-0.1, -0.05) is 42.5 Å². The number of carbonyl (C=O) groups excluding carboxylic acids is 2. The lowest BCUT2D eigenvalue weighted by Gasteiger charge is -2.29. The summed E-state index contributed by atoms with van der Waals surface area (Å²) in [5.74, 6) is -1.69. The molecule has 2 aromatic carbocycles. The average Bonchev–Trinajstić information content (AvgIpc) is 2.67. The summed E-state index contributed by atoms with van der Waals surface area (Å²) < 4.78 is 4.92. The number of ketones is 1. The summed E-state index contributed by atoms with van der Waals surface area (Å²) in [6.45, 7) is 0. The van der Waals surface area contributed by atoms with Crippen molar-refractivity contribution in [2.45, 2.75) is 12.3 Å². The third kappa shape index (κ3) is 3.54. The fraction of sp³-hybridized carbons (Fsp3) is 0.273. The first kappa shape index (κ1) is 17.9. The molecule has 1 aliphatic rings. The zero-order chi connectivity index (χ0) is 18.7. The Bertz CT molecular complexity index is 822. The van der Waals surface area contributed by atoms with Crippen molar-refractivity contribution in [1.82, 2.24) is 0 Å². The molecule has 0 unspecified atom stereocenters. The second-order valence-corrected chi connectivity index (χ2v) is 6.74. The fourth-order valence-electron chi connectivity index (χ4n) is 3.46. The van der Waals surface area contributed by atoms with Crippen molar-refractivity contribution in [3.05, 3.63) is 71.8 Å². The van der Waals surface area contributed by atoms with Crippen molar-refractivity contribution in [3.63, 3.8) is 0 Å². The maximum Gasteiger partial charge on any atom is 0.317 e. The third-order valence-electron chi connectivity index (χ3n) is 4.90. The highest BCUT2D eigenvalue weighted by Gasteiger charge is 2.39. The number of allylic oxidation sites excluding steroid dienone is 2. The number of carbonyl (C=O) groups is 2. The van der Waals surface area contributed by atoms with Gasteiger partial charge in [-0.2, -0.15) is 0 Å². The van der Waals surface area contributed by atoms with Crippen LogP contribution in [-0.2, 0) is 14.3 Å². The van der Waals surface area contributed by atoms with Gasteiger partial charge in [0.15, 0.2) is 5.78 Å². The van der Waals surface area contributed by atoms with E-state index in [2.05, 4.69) is 0 Å². The van der Waals surface area contributed by atoms with Crippen LogP contribution in [0.2, 0.25) is 0 Å². The molecule has 4 heteroatoms. The highest BCUT2D eigenvalue weighted by Crippen LogP contribution is 2.40. The van der Waals surface area contributed by atoms with Crippen LogP contribution >= 0.6 is 0 Å². The van der Waals surface area contributed by atoms with Gasteiger partial charge in [0.2, 0.25) is 0 Å². The maximum atomic E-state index is 12.8. The van der Waals surface area contributed by atoms with E-state index in [4.69, 9.17) is 4.74 Å². The normalized spacial score (nSPS) is 19.7. The SMILES string of the molecule is COC(=O)[C@H]1C(=O)C=C(c2ccccc2)C[C@@H]1c1ccc(N(C)C)cc1. The molecule has 2 aromatic rings. The predicted octanol–water partition coefficient (Wildman–Crippen LogP) is 3.68. The molecule has 1 aliphatic carbocycles. The van der Waals surface area contributed by atoms with E-state index in [0.29, 0.717) is 6.42 Å². The molecular formula is C22H23NO3. The van der Waals surface area contributed by atoms with Crippen LogP contribution in [0, 0.1) is 5.92 Å². The lowest BCUT2D eigenvalue weighted by molar-refractivity contribution is -0.149. The van der Waals surface area contributed by atoms with Crippen LogP contribution in [0.4, 0.5) is 5.69 Å². The highest BCUT2D eigenvalue weighted by atomic mass is 16.5. The molecule has 0 heterocycles. The molecule has 26 heavy (non-hydrogen) atoms. The zero-order valence-corrected chi connectivity index (χ0v) is 15.3. The topological polar surface area (TPSA) is 46.6 Å². The first-order chi connectivity index (χ1) is 12.5. The molecule has 2 atom stereocenters. The molecule has 0 fully saturated rings. The number of esters is 1. The molecule has 0 N–H and O–H groups in total. The van der Waals surface area contributed by atoms with Crippen molar-refractivity contribution in [2.75, 3.05) is 26.1 Å². The lowest BCUT2D eigenvalue weighted by atomic mass is 9.73. The Morgan fingerprint density at radius 3 is 2.27 bits per heavy atom. The van der Waals surface area contributed by atoms with Crippen molar-refractivity contribution >= 4 is 23.0 Å². The minimum absolute atomic E-state index is 0.191. The van der Waals surface area contributed by atoms with Crippen LogP contribution < -0.4 is 4.90 Å². The number of benzene rings is 2. The molecule has 0 aliphatic heterocycles. The van der Waals surface area contributed by atoms with Crippen LogP contribution in [0.25, 0.3) is 5.57 Å². The molecule has 0 radical (unpaired) electrons. The molecule has 0 saturated heterocycles. The van der Waals surface area contributed by atoms with Gasteiger partial charge in [0.05, 0.1) is 7.11 Å². The van der Waals surface area contributed by atoms with Gasteiger partial charge in [-0.15, -0.1) is 0 Å². The predicted molar refractivity (Wildman–Crippen MR) is 103 cm³/mol. The molecule has 0 amide bonds. The summed E-state index contributed by atoms with van der Waals surface area (Å²) in [5.41, 5.74) is 4.02. The molecular weight excluding hydrogens is 326 g/mol. The van der Waals surface area contributed by atoms with Gasteiger partial charge in [0.25, 0.3) is 0 Å². The van der Waals surface area contributed by atoms with Gasteiger partial charge in [-0.25, -0.2) is 0 Å². The van der Waals surface area contributed by atoms with Crippen molar-refractivity contribution in [3.8, 4) is 0 Å². The number of methoxy groups -OCH3 is 1. The van der Waals surface area contributed by atoms with Gasteiger partial charge in [0.1, 0.15) is 5.92 Å². The van der Waals surface area contributed by atoms with E-state index in [1.807, 2.05) is 73.6 Å². The highest BCUT2D eigenvalue weighted by molar-refractivity contribution is 6.10. The van der Waals surface area contributed by atoms with Crippen molar-refractivity contribution < 1.29 is 14.3 Å². The van der Waals surface area contributed by atoms with Crippen LogP contribution in [0.15, 0.2) is 60.7 Å². The van der Waals surface area contributed by atoms with Gasteiger partial charge < -0.3 is 9.64 Å². The summed E-state index contributed by atoms with van der Waals surface area (Å²) in [6.07, 6.45) is 2.22. The van der Waals surface area contributed by atoms with E-state index in [1.54, 1.807) is 6.08 Å². The van der Waals surface area contributed by atoms with Gasteiger partial charge in [-0.05, 0) is 41.3 Å². The Labute approximate surface area is 154 Å². The van der Waals surface area contributed by atoms with Gasteiger partial charge in [0, 0.05) is 25.7 Å². The Balaban J connectivity index is 2.00. The molecule has 3 rings (SSSR count). The molecule has 134 valence electrons. The van der Waals surface area contributed by atoms with Crippen LogP contribution in [-0.4, -0.2) is 33.0 Å². The quantitative estimate of drug-likeness (QED) is 0.624. The Morgan fingerprint density at radius 1 is 1.04 bits per heavy atom. The lowest BCUT2D eigenvalue weighted by Crippen LogP contribution is -2.33. The zero-order valence-electron chi connectivity index (χ0n) is 15.3. The largest absolute Gasteiger partial charge is 0.468 e. The molecule has 0 aromatic heterocycles. The number of hydrogen-bond donors (Lipinski definition) is 0. The average molecular weight is 349 g/mol. The monoisotopic (exact) mass is 349 g/mol. The fourth-order valence-corrected chi connectivity index (χ4v) is 3.46. The van der Waals surface area contributed by atoms with Crippen LogP contribution in [0.3, 0.4) is 0 Å². The molecule has 0 bridgehead atoms. The second kappa shape index (κ2) is 7.56. The van der Waals surface area contributed by atoms with E-state index >= 15 is 0 Å². The Kier molecular flexibility index (Phi) is 5.21. The number of anilines is 1. The number of ether oxygens (including phenoxy) is 1. The second-order valence-electron chi connectivity index (χ2n) is 6.74. The smallest absolute Gasteiger partial charge is 0.317 e. The third-order valence-corrected chi connectivity index (χ3v) is 4.90. The van der Waals surface area contributed by atoms with Crippen LogP contribution in [0.1, 0.15) is 23.5 Å². The Morgan fingerprint density at radius 2 is 1.69 bits per heavy atom. The van der Waals surface area contributed by atoms with E-state index in [1.165, 1.54) is 7.11 Å². The van der Waals surface area contributed by atoms with E-state index < -0.39 is 11.9 Å². The summed E-state index contributed by atoms with van der Waals surface area (Å²) >= 11 is 0.